The van der Waals surface area contributed by atoms with E-state index in [4.69, 9.17) is 4.74 Å². The van der Waals surface area contributed by atoms with Gasteiger partial charge in [-0.05, 0) is 19.1 Å². The molecule has 0 aliphatic carbocycles. The summed E-state index contributed by atoms with van der Waals surface area (Å²) in [4.78, 5) is 6.79. The molecule has 20 heavy (non-hydrogen) atoms. The molecule has 1 fully saturated rings. The van der Waals surface area contributed by atoms with Crippen LogP contribution in [-0.2, 0) is 0 Å². The summed E-state index contributed by atoms with van der Waals surface area (Å²) >= 11 is 0. The first-order valence-corrected chi connectivity index (χ1v) is 6.82. The molecule has 2 N–H and O–H groups in total. The second-order valence-corrected chi connectivity index (χ2v) is 4.99. The number of hydrogen-bond donors (Lipinski definition) is 2. The van der Waals surface area contributed by atoms with Crippen LogP contribution in [0.4, 0.5) is 5.95 Å². The van der Waals surface area contributed by atoms with Crippen molar-refractivity contribution < 1.29 is 4.74 Å². The fraction of sp³-hybridized carbons (Fsp3) is 0.429. The Morgan fingerprint density at radius 2 is 2.20 bits per heavy atom. The predicted octanol–water partition coefficient (Wildman–Crippen LogP) is 1.28. The number of rotatable bonds is 3. The van der Waals surface area contributed by atoms with Gasteiger partial charge in [0.1, 0.15) is 5.75 Å². The Morgan fingerprint density at radius 1 is 1.35 bits per heavy atom. The lowest BCUT2D eigenvalue weighted by molar-refractivity contribution is 0.416. The highest BCUT2D eigenvalue weighted by atomic mass is 16.5. The molecule has 2 heterocycles. The van der Waals surface area contributed by atoms with Crippen molar-refractivity contribution in [1.82, 2.24) is 20.5 Å². The molecule has 1 saturated heterocycles. The lowest BCUT2D eigenvalue weighted by atomic mass is 10.2. The third kappa shape index (κ3) is 2.46. The first kappa shape index (κ1) is 12.9. The van der Waals surface area contributed by atoms with Gasteiger partial charge in [-0.3, -0.25) is 5.10 Å². The summed E-state index contributed by atoms with van der Waals surface area (Å²) in [6.07, 6.45) is 0. The molecule has 1 aromatic heterocycles. The van der Waals surface area contributed by atoms with Crippen molar-refractivity contribution in [2.75, 3.05) is 31.6 Å². The van der Waals surface area contributed by atoms with Gasteiger partial charge < -0.3 is 15.0 Å². The molecular weight excluding hydrogens is 254 g/mol. The van der Waals surface area contributed by atoms with Crippen LogP contribution in [0.2, 0.25) is 0 Å². The van der Waals surface area contributed by atoms with Crippen LogP contribution in [0.1, 0.15) is 6.92 Å². The summed E-state index contributed by atoms with van der Waals surface area (Å²) < 4.78 is 5.36. The molecule has 1 atom stereocenters. The van der Waals surface area contributed by atoms with Crippen LogP contribution in [0.5, 0.6) is 5.75 Å². The Hall–Kier alpha value is -2.08. The number of para-hydroxylation sites is 1. The molecule has 106 valence electrons. The van der Waals surface area contributed by atoms with Crippen molar-refractivity contribution in [1.29, 1.82) is 0 Å². The Balaban J connectivity index is 1.86. The summed E-state index contributed by atoms with van der Waals surface area (Å²) in [5.41, 5.74) is 0.928. The van der Waals surface area contributed by atoms with E-state index in [-0.39, 0.29) is 0 Å². The molecule has 0 radical (unpaired) electrons. The monoisotopic (exact) mass is 273 g/mol. The van der Waals surface area contributed by atoms with Gasteiger partial charge in [0.15, 0.2) is 5.82 Å². The number of anilines is 1. The summed E-state index contributed by atoms with van der Waals surface area (Å²) in [7, 11) is 1.66. The molecule has 6 heteroatoms. The highest BCUT2D eigenvalue weighted by Crippen LogP contribution is 2.27. The highest BCUT2D eigenvalue weighted by Gasteiger charge is 2.20. The number of hydrogen-bond acceptors (Lipinski definition) is 5. The van der Waals surface area contributed by atoms with E-state index in [0.29, 0.717) is 6.04 Å². The van der Waals surface area contributed by atoms with Crippen molar-refractivity contribution in [2.24, 2.45) is 0 Å². The second kappa shape index (κ2) is 5.50. The van der Waals surface area contributed by atoms with Gasteiger partial charge in [-0.25, -0.2) is 0 Å². The maximum Gasteiger partial charge on any atom is 0.245 e. The summed E-state index contributed by atoms with van der Waals surface area (Å²) in [5, 5.41) is 10.7. The number of aromatic nitrogens is 3. The smallest absolute Gasteiger partial charge is 0.245 e. The number of methoxy groups -OCH3 is 1. The standard InChI is InChI=1S/C14H19N5O/c1-10-9-19(8-7-15-10)14-16-13(17-18-14)11-5-3-4-6-12(11)20-2/h3-6,10,15H,7-9H2,1-2H3,(H,16,17,18)/t10-/m1/s1. The average molecular weight is 273 g/mol. The maximum atomic E-state index is 5.36. The van der Waals surface area contributed by atoms with E-state index >= 15 is 0 Å². The maximum absolute atomic E-state index is 5.36. The molecule has 0 bridgehead atoms. The van der Waals surface area contributed by atoms with E-state index in [0.717, 1.165) is 42.7 Å². The minimum absolute atomic E-state index is 0.456. The van der Waals surface area contributed by atoms with Crippen LogP contribution in [-0.4, -0.2) is 48.0 Å². The molecule has 1 aliphatic rings. The third-order valence-electron chi connectivity index (χ3n) is 3.49. The van der Waals surface area contributed by atoms with E-state index < -0.39 is 0 Å². The third-order valence-corrected chi connectivity index (χ3v) is 3.49. The Labute approximate surface area is 118 Å². The van der Waals surface area contributed by atoms with Crippen LogP contribution in [0.3, 0.4) is 0 Å². The number of piperazine rings is 1. The van der Waals surface area contributed by atoms with Crippen LogP contribution >= 0.6 is 0 Å². The molecule has 3 rings (SSSR count). The molecule has 1 aromatic carbocycles. The first-order valence-electron chi connectivity index (χ1n) is 6.82. The molecule has 1 aliphatic heterocycles. The number of ether oxygens (including phenoxy) is 1. The Bertz CT molecular complexity index is 582. The molecule has 2 aromatic rings. The van der Waals surface area contributed by atoms with Gasteiger partial charge in [0, 0.05) is 25.7 Å². The molecule has 6 nitrogen and oxygen atoms in total. The van der Waals surface area contributed by atoms with Gasteiger partial charge in [-0.15, -0.1) is 5.10 Å². The van der Waals surface area contributed by atoms with Crippen molar-refractivity contribution in [3.63, 3.8) is 0 Å². The Morgan fingerprint density at radius 3 is 3.00 bits per heavy atom. The number of benzene rings is 1. The number of nitrogens with one attached hydrogen (secondary N) is 2. The molecule has 0 spiro atoms. The van der Waals surface area contributed by atoms with Gasteiger partial charge in [0.05, 0.1) is 12.7 Å². The molecule has 0 amide bonds. The lowest BCUT2D eigenvalue weighted by Gasteiger charge is -2.30. The minimum Gasteiger partial charge on any atom is -0.496 e. The second-order valence-electron chi connectivity index (χ2n) is 4.99. The van der Waals surface area contributed by atoms with E-state index in [2.05, 4.69) is 32.3 Å². The van der Waals surface area contributed by atoms with Crippen LogP contribution in [0.25, 0.3) is 11.4 Å². The van der Waals surface area contributed by atoms with Gasteiger partial charge in [-0.1, -0.05) is 12.1 Å². The zero-order chi connectivity index (χ0) is 13.9. The van der Waals surface area contributed by atoms with E-state index in [1.54, 1.807) is 7.11 Å². The van der Waals surface area contributed by atoms with Crippen molar-refractivity contribution in [3.05, 3.63) is 24.3 Å². The topological polar surface area (TPSA) is 66.1 Å². The van der Waals surface area contributed by atoms with Crippen LogP contribution in [0.15, 0.2) is 24.3 Å². The van der Waals surface area contributed by atoms with Gasteiger partial charge in [-0.2, -0.15) is 4.98 Å². The fourth-order valence-corrected chi connectivity index (χ4v) is 2.47. The van der Waals surface area contributed by atoms with Crippen molar-refractivity contribution in [2.45, 2.75) is 13.0 Å². The van der Waals surface area contributed by atoms with Crippen LogP contribution in [0, 0.1) is 0 Å². The average Bonchev–Trinajstić information content (AvgIpc) is 2.97. The van der Waals surface area contributed by atoms with Crippen molar-refractivity contribution in [3.8, 4) is 17.1 Å². The normalized spacial score (nSPS) is 19.1. The summed E-state index contributed by atoms with van der Waals surface area (Å²) in [6.45, 7) is 4.97. The van der Waals surface area contributed by atoms with E-state index in [1.807, 2.05) is 24.3 Å². The van der Waals surface area contributed by atoms with Gasteiger partial charge in [0.2, 0.25) is 5.95 Å². The molecule has 0 saturated carbocycles. The van der Waals surface area contributed by atoms with Crippen molar-refractivity contribution >= 4 is 5.95 Å². The first-order chi connectivity index (χ1) is 9.78. The van der Waals surface area contributed by atoms with Crippen LogP contribution < -0.4 is 15.0 Å². The Kier molecular flexibility index (Phi) is 3.56. The number of nitrogens with zero attached hydrogens (tertiary/aromatic N) is 3. The summed E-state index contributed by atoms with van der Waals surface area (Å²) in [6, 6.07) is 8.26. The zero-order valence-corrected chi connectivity index (χ0v) is 11.8. The fourth-order valence-electron chi connectivity index (χ4n) is 2.47. The molecule has 0 unspecified atom stereocenters. The minimum atomic E-state index is 0.456. The van der Waals surface area contributed by atoms with E-state index in [1.165, 1.54) is 0 Å². The zero-order valence-electron chi connectivity index (χ0n) is 11.8. The largest absolute Gasteiger partial charge is 0.496 e. The van der Waals surface area contributed by atoms with Gasteiger partial charge in [0.25, 0.3) is 0 Å². The number of aromatic amines is 1. The SMILES string of the molecule is COc1ccccc1-c1nc(N2CCN[C@H](C)C2)n[nH]1. The van der Waals surface area contributed by atoms with E-state index in [9.17, 15) is 0 Å². The quantitative estimate of drug-likeness (QED) is 0.882. The van der Waals surface area contributed by atoms with Gasteiger partial charge >= 0.3 is 0 Å². The summed E-state index contributed by atoms with van der Waals surface area (Å²) in [5.74, 6) is 2.28. The predicted molar refractivity (Wildman–Crippen MR) is 78.0 cm³/mol. The molecular formula is C14H19N5O. The lowest BCUT2D eigenvalue weighted by Crippen LogP contribution is -2.49. The number of H-pyrrole nitrogens is 1. The highest BCUT2D eigenvalue weighted by molar-refractivity contribution is 5.64.